The summed E-state index contributed by atoms with van der Waals surface area (Å²) in [6.45, 7) is -0.0767. The van der Waals surface area contributed by atoms with Crippen LogP contribution in [0.4, 0.5) is 10.5 Å². The summed E-state index contributed by atoms with van der Waals surface area (Å²) >= 11 is 0. The first-order chi connectivity index (χ1) is 28.1. The molecule has 5 aromatic carbocycles. The SMILES string of the molecule is O=C1CCC(=O)NN(Cc2ccccc2)C(=O)NC(Cc2ccc(-c3ccccc3)cc2)C(=O)NC(Cc2ccccc2)C(=O)NC(C(=O)O)Cc2ccc(cc2)N1. The van der Waals surface area contributed by atoms with E-state index in [4.69, 9.17) is 0 Å². The zero-order valence-electron chi connectivity index (χ0n) is 31.6. The molecule has 0 spiro atoms. The molecule has 0 aliphatic carbocycles. The number of carbonyl (C=O) groups is 6. The number of nitrogens with one attached hydrogen (secondary N) is 5. The summed E-state index contributed by atoms with van der Waals surface area (Å²) in [5, 5.41) is 22.1. The molecule has 2 aliphatic rings. The maximum atomic E-state index is 14.4. The molecule has 13 heteroatoms. The number of hydrogen-bond acceptors (Lipinski definition) is 6. The van der Waals surface area contributed by atoms with Crippen molar-refractivity contribution >= 4 is 41.3 Å². The summed E-state index contributed by atoms with van der Waals surface area (Å²) in [5.74, 6) is -3.81. The van der Waals surface area contributed by atoms with E-state index in [-0.39, 0.29) is 38.6 Å². The van der Waals surface area contributed by atoms with Crippen molar-refractivity contribution in [1.29, 1.82) is 0 Å². The summed E-state index contributed by atoms with van der Waals surface area (Å²) in [4.78, 5) is 81.1. The number of carboxylic acid groups (broad SMARTS) is 1. The molecule has 5 aromatic rings. The van der Waals surface area contributed by atoms with Gasteiger partial charge in [0.15, 0.2) is 0 Å². The third-order valence-electron chi connectivity index (χ3n) is 9.59. The third kappa shape index (κ3) is 11.6. The number of benzene rings is 5. The lowest BCUT2D eigenvalue weighted by atomic mass is 9.99. The number of urea groups is 1. The fourth-order valence-electron chi connectivity index (χ4n) is 6.48. The van der Waals surface area contributed by atoms with Crippen molar-refractivity contribution < 1.29 is 33.9 Å². The molecule has 2 heterocycles. The fourth-order valence-corrected chi connectivity index (χ4v) is 6.48. The Labute approximate surface area is 335 Å². The second-order valence-corrected chi connectivity index (χ2v) is 14.0. The van der Waals surface area contributed by atoms with Crippen LogP contribution in [0.5, 0.6) is 0 Å². The van der Waals surface area contributed by atoms with Gasteiger partial charge in [-0.3, -0.25) is 24.6 Å². The van der Waals surface area contributed by atoms with Gasteiger partial charge in [-0.1, -0.05) is 127 Å². The highest BCUT2D eigenvalue weighted by atomic mass is 16.4. The standard InChI is InChI=1S/C45H44N6O7/c52-40-24-25-41(53)50-51(29-33-12-6-2-7-13-33)45(58)49-38(27-31-16-20-35(21-17-31)34-14-8-3-9-15-34)43(55)47-37(26-30-10-4-1-5-11-30)42(54)48-39(44(56)57)28-32-18-22-36(46-40)23-19-32/h1-23,37-39H,24-29H2,(H,46,52)(H,47,55)(H,48,54)(H,49,58)(H,50,53)(H,56,57). The van der Waals surface area contributed by atoms with E-state index in [1.165, 1.54) is 0 Å². The quantitative estimate of drug-likeness (QED) is 0.122. The van der Waals surface area contributed by atoms with Crippen molar-refractivity contribution in [2.45, 2.75) is 56.8 Å². The smallest absolute Gasteiger partial charge is 0.337 e. The molecule has 0 fully saturated rings. The van der Waals surface area contributed by atoms with Gasteiger partial charge in [0.1, 0.15) is 18.1 Å². The van der Waals surface area contributed by atoms with E-state index in [1.807, 2.05) is 66.7 Å². The Morgan fingerprint density at radius 1 is 0.569 bits per heavy atom. The molecule has 7 rings (SSSR count). The van der Waals surface area contributed by atoms with E-state index >= 15 is 0 Å². The Morgan fingerprint density at radius 3 is 1.71 bits per heavy atom. The summed E-state index contributed by atoms with van der Waals surface area (Å²) in [5.41, 5.74) is 7.60. The van der Waals surface area contributed by atoms with Gasteiger partial charge in [-0.15, -0.1) is 0 Å². The number of hydrogen-bond donors (Lipinski definition) is 6. The topological polar surface area (TPSA) is 186 Å². The summed E-state index contributed by atoms with van der Waals surface area (Å²) in [6, 6.07) is 36.8. The van der Waals surface area contributed by atoms with E-state index in [0.717, 1.165) is 16.1 Å². The van der Waals surface area contributed by atoms with Gasteiger partial charge in [-0.2, -0.15) is 0 Å². The second-order valence-electron chi connectivity index (χ2n) is 14.0. The predicted octanol–water partition coefficient (Wildman–Crippen LogP) is 4.78. The van der Waals surface area contributed by atoms with E-state index in [2.05, 4.69) is 26.7 Å². The Bertz CT molecular complexity index is 2200. The molecule has 6 amide bonds. The third-order valence-corrected chi connectivity index (χ3v) is 9.59. The molecular weight excluding hydrogens is 737 g/mol. The van der Waals surface area contributed by atoms with Crippen LogP contribution in [0.2, 0.25) is 0 Å². The number of nitrogens with zero attached hydrogens (tertiary/aromatic N) is 1. The summed E-state index contributed by atoms with van der Waals surface area (Å²) in [7, 11) is 0. The van der Waals surface area contributed by atoms with Crippen molar-refractivity contribution in [2.75, 3.05) is 5.32 Å². The molecule has 0 aromatic heterocycles. The maximum Gasteiger partial charge on any atom is 0.337 e. The van der Waals surface area contributed by atoms with Crippen LogP contribution in [0.1, 0.15) is 35.1 Å². The molecule has 6 N–H and O–H groups in total. The molecular formula is C45H44N6O7. The molecule has 58 heavy (non-hydrogen) atoms. The first-order valence-electron chi connectivity index (χ1n) is 18.9. The number of aliphatic carboxylic acids is 1. The number of anilines is 1. The number of carbonyl (C=O) groups excluding carboxylic acids is 5. The van der Waals surface area contributed by atoms with Crippen molar-refractivity contribution in [1.82, 2.24) is 26.4 Å². The van der Waals surface area contributed by atoms with Crippen LogP contribution in [0.15, 0.2) is 140 Å². The summed E-state index contributed by atoms with van der Waals surface area (Å²) < 4.78 is 0. The minimum absolute atomic E-state index is 0.00676. The molecule has 0 saturated carbocycles. The minimum Gasteiger partial charge on any atom is -0.480 e. The highest BCUT2D eigenvalue weighted by Crippen LogP contribution is 2.20. The van der Waals surface area contributed by atoms with Gasteiger partial charge in [-0.05, 0) is 45.5 Å². The van der Waals surface area contributed by atoms with Gasteiger partial charge in [0, 0.05) is 37.8 Å². The molecule has 3 atom stereocenters. The van der Waals surface area contributed by atoms with Crippen LogP contribution >= 0.6 is 0 Å². The van der Waals surface area contributed by atoms with Crippen molar-refractivity contribution in [3.8, 4) is 11.1 Å². The molecule has 2 bridgehead atoms. The zero-order valence-corrected chi connectivity index (χ0v) is 31.6. The van der Waals surface area contributed by atoms with Gasteiger partial charge in [0.2, 0.25) is 23.6 Å². The molecule has 3 unspecified atom stereocenters. The molecule has 2 aliphatic heterocycles. The van der Waals surface area contributed by atoms with E-state index in [9.17, 15) is 33.9 Å². The van der Waals surface area contributed by atoms with Gasteiger partial charge in [0.05, 0.1) is 6.54 Å². The van der Waals surface area contributed by atoms with Crippen LogP contribution in [-0.2, 0) is 49.8 Å². The average Bonchev–Trinajstić information content (AvgIpc) is 3.23. The number of hydrazine groups is 1. The van der Waals surface area contributed by atoms with Crippen LogP contribution in [0.25, 0.3) is 11.1 Å². The summed E-state index contributed by atoms with van der Waals surface area (Å²) in [6.07, 6.45) is -0.533. The fraction of sp³-hybridized carbons (Fsp3) is 0.200. The van der Waals surface area contributed by atoms with Gasteiger partial charge in [-0.25, -0.2) is 14.6 Å². The first-order valence-corrected chi connectivity index (χ1v) is 18.9. The molecule has 296 valence electrons. The number of amides is 6. The Morgan fingerprint density at radius 2 is 1.09 bits per heavy atom. The van der Waals surface area contributed by atoms with E-state index in [0.29, 0.717) is 27.9 Å². The van der Waals surface area contributed by atoms with E-state index in [1.54, 1.807) is 72.8 Å². The Hall–Kier alpha value is -7.28. The average molecular weight is 781 g/mol. The lowest BCUT2D eigenvalue weighted by Crippen LogP contribution is -2.59. The highest BCUT2D eigenvalue weighted by molar-refractivity contribution is 5.95. The van der Waals surface area contributed by atoms with Gasteiger partial charge >= 0.3 is 12.0 Å². The van der Waals surface area contributed by atoms with Crippen molar-refractivity contribution in [3.63, 3.8) is 0 Å². The van der Waals surface area contributed by atoms with E-state index < -0.39 is 53.8 Å². The molecule has 13 nitrogen and oxygen atoms in total. The second kappa shape index (κ2) is 19.5. The van der Waals surface area contributed by atoms with Gasteiger partial charge in [0.25, 0.3) is 0 Å². The normalized spacial score (nSPS) is 18.4. The predicted molar refractivity (Wildman–Crippen MR) is 218 cm³/mol. The zero-order chi connectivity index (χ0) is 40.9. The van der Waals surface area contributed by atoms with Crippen LogP contribution in [-0.4, -0.2) is 63.9 Å². The van der Waals surface area contributed by atoms with Crippen molar-refractivity contribution in [2.24, 2.45) is 0 Å². The lowest BCUT2D eigenvalue weighted by molar-refractivity contribution is -0.142. The lowest BCUT2D eigenvalue weighted by Gasteiger charge is -2.28. The Balaban J connectivity index is 1.35. The first kappa shape index (κ1) is 40.4. The van der Waals surface area contributed by atoms with Crippen LogP contribution in [0, 0.1) is 0 Å². The monoisotopic (exact) mass is 780 g/mol. The van der Waals surface area contributed by atoms with Crippen LogP contribution < -0.4 is 26.7 Å². The minimum atomic E-state index is -1.36. The molecule has 0 radical (unpaired) electrons. The van der Waals surface area contributed by atoms with Crippen LogP contribution in [0.3, 0.4) is 0 Å². The molecule has 0 saturated heterocycles. The van der Waals surface area contributed by atoms with Crippen molar-refractivity contribution in [3.05, 3.63) is 162 Å². The number of carboxylic acids is 1. The number of rotatable bonds is 8. The Kier molecular flexibility index (Phi) is 13.6. The largest absolute Gasteiger partial charge is 0.480 e. The van der Waals surface area contributed by atoms with Gasteiger partial charge < -0.3 is 26.4 Å². The number of fused-ring (bicyclic) bond motifs is 18. The highest BCUT2D eigenvalue weighted by Gasteiger charge is 2.31. The maximum absolute atomic E-state index is 14.4.